The maximum atomic E-state index is 5.71. The first-order valence-electron chi connectivity index (χ1n) is 6.08. The van der Waals surface area contributed by atoms with Gasteiger partial charge in [-0.2, -0.15) is 0 Å². The average molecular weight is 265 g/mol. The number of nitrogens with two attached hydrogens (primary N) is 1. The molecular formula is C12H19N5S. The van der Waals surface area contributed by atoms with Crippen LogP contribution in [-0.4, -0.2) is 52.1 Å². The maximum Gasteiger partial charge on any atom is 0.157 e. The number of piperazine rings is 1. The number of likely N-dealkylation sites (N-methyl/N-ethyl adjacent to an activating group) is 1. The molecule has 1 aliphatic rings. The standard InChI is InChI=1S/C12H19N5S/c1-8-6-17(7-9(2)16(8)3)12-10(11(13)18)14-4-5-15-12/h4-5,8-9H,6-7H2,1-3H3,(H2,13,18). The molecule has 0 bridgehead atoms. The lowest BCUT2D eigenvalue weighted by atomic mass is 10.1. The molecule has 18 heavy (non-hydrogen) atoms. The lowest BCUT2D eigenvalue weighted by Crippen LogP contribution is -2.55. The molecule has 1 saturated heterocycles. The van der Waals surface area contributed by atoms with Gasteiger partial charge in [0.05, 0.1) is 0 Å². The molecule has 2 unspecified atom stereocenters. The van der Waals surface area contributed by atoms with Crippen molar-refractivity contribution in [2.24, 2.45) is 5.73 Å². The summed E-state index contributed by atoms with van der Waals surface area (Å²) in [6.07, 6.45) is 3.31. The minimum Gasteiger partial charge on any atom is -0.388 e. The predicted molar refractivity (Wildman–Crippen MR) is 76.8 cm³/mol. The third-order valence-electron chi connectivity index (χ3n) is 3.57. The number of nitrogens with zero attached hydrogens (tertiary/aromatic N) is 4. The molecule has 2 N–H and O–H groups in total. The molecule has 1 aromatic rings. The van der Waals surface area contributed by atoms with E-state index < -0.39 is 0 Å². The Morgan fingerprint density at radius 3 is 2.39 bits per heavy atom. The molecule has 1 aromatic heterocycles. The van der Waals surface area contributed by atoms with Crippen molar-refractivity contribution in [1.29, 1.82) is 0 Å². The average Bonchev–Trinajstić information content (AvgIpc) is 2.35. The summed E-state index contributed by atoms with van der Waals surface area (Å²) in [5.41, 5.74) is 6.33. The molecule has 2 heterocycles. The Morgan fingerprint density at radius 2 is 1.83 bits per heavy atom. The van der Waals surface area contributed by atoms with E-state index in [0.717, 1.165) is 18.9 Å². The van der Waals surface area contributed by atoms with Gasteiger partial charge < -0.3 is 10.6 Å². The fourth-order valence-electron chi connectivity index (χ4n) is 2.31. The second-order valence-electron chi connectivity index (χ2n) is 4.86. The summed E-state index contributed by atoms with van der Waals surface area (Å²) < 4.78 is 0. The van der Waals surface area contributed by atoms with Crippen LogP contribution in [0.25, 0.3) is 0 Å². The maximum absolute atomic E-state index is 5.71. The molecule has 2 atom stereocenters. The molecule has 5 nitrogen and oxygen atoms in total. The zero-order chi connectivity index (χ0) is 13.3. The van der Waals surface area contributed by atoms with Gasteiger partial charge in [0.1, 0.15) is 10.7 Å². The van der Waals surface area contributed by atoms with Crippen molar-refractivity contribution in [3.8, 4) is 0 Å². The summed E-state index contributed by atoms with van der Waals surface area (Å²) >= 11 is 5.04. The topological polar surface area (TPSA) is 58.3 Å². The molecule has 1 fully saturated rings. The number of hydrogen-bond donors (Lipinski definition) is 1. The van der Waals surface area contributed by atoms with E-state index in [-0.39, 0.29) is 0 Å². The van der Waals surface area contributed by atoms with Crippen LogP contribution in [0.4, 0.5) is 5.82 Å². The van der Waals surface area contributed by atoms with Gasteiger partial charge in [-0.3, -0.25) is 4.90 Å². The highest BCUT2D eigenvalue weighted by Gasteiger charge is 2.28. The van der Waals surface area contributed by atoms with Crippen molar-refractivity contribution in [3.05, 3.63) is 18.1 Å². The Bertz CT molecular complexity index is 438. The summed E-state index contributed by atoms with van der Waals surface area (Å²) in [6.45, 7) is 6.24. The second-order valence-corrected chi connectivity index (χ2v) is 5.30. The minimum atomic E-state index is 0.303. The number of hydrogen-bond acceptors (Lipinski definition) is 5. The molecule has 0 spiro atoms. The van der Waals surface area contributed by atoms with Crippen LogP contribution in [0.5, 0.6) is 0 Å². The molecule has 0 saturated carbocycles. The fraction of sp³-hybridized carbons (Fsp3) is 0.583. The summed E-state index contributed by atoms with van der Waals surface area (Å²) in [6, 6.07) is 0.935. The van der Waals surface area contributed by atoms with Crippen LogP contribution in [0.2, 0.25) is 0 Å². The largest absolute Gasteiger partial charge is 0.388 e. The van der Waals surface area contributed by atoms with Crippen molar-refractivity contribution >= 4 is 23.0 Å². The first kappa shape index (κ1) is 13.2. The van der Waals surface area contributed by atoms with Crippen LogP contribution < -0.4 is 10.6 Å². The Kier molecular flexibility index (Phi) is 3.77. The monoisotopic (exact) mass is 265 g/mol. The molecule has 0 amide bonds. The lowest BCUT2D eigenvalue weighted by Gasteiger charge is -2.43. The second kappa shape index (κ2) is 5.16. The summed E-state index contributed by atoms with van der Waals surface area (Å²) in [7, 11) is 2.15. The molecule has 0 aliphatic carbocycles. The Labute approximate surface area is 113 Å². The van der Waals surface area contributed by atoms with Gasteiger partial charge in [0.2, 0.25) is 0 Å². The minimum absolute atomic E-state index is 0.303. The van der Waals surface area contributed by atoms with E-state index in [4.69, 9.17) is 18.0 Å². The molecular weight excluding hydrogens is 246 g/mol. The van der Waals surface area contributed by atoms with E-state index in [1.165, 1.54) is 0 Å². The predicted octanol–water partition coefficient (Wildman–Crippen LogP) is 0.640. The van der Waals surface area contributed by atoms with Crippen molar-refractivity contribution in [3.63, 3.8) is 0 Å². The fourth-order valence-corrected chi connectivity index (χ4v) is 2.46. The Balaban J connectivity index is 2.30. The van der Waals surface area contributed by atoms with Crippen LogP contribution in [-0.2, 0) is 0 Å². The van der Waals surface area contributed by atoms with Crippen molar-refractivity contribution < 1.29 is 0 Å². The van der Waals surface area contributed by atoms with Gasteiger partial charge in [-0.25, -0.2) is 9.97 Å². The van der Waals surface area contributed by atoms with Crippen molar-refractivity contribution in [1.82, 2.24) is 14.9 Å². The SMILES string of the molecule is CC1CN(c2nccnc2C(N)=S)CC(C)N1C. The molecule has 6 heteroatoms. The number of aromatic nitrogens is 2. The quantitative estimate of drug-likeness (QED) is 0.792. The van der Waals surface area contributed by atoms with Crippen LogP contribution in [0.3, 0.4) is 0 Å². The lowest BCUT2D eigenvalue weighted by molar-refractivity contribution is 0.169. The highest BCUT2D eigenvalue weighted by atomic mass is 32.1. The van der Waals surface area contributed by atoms with Gasteiger partial charge in [-0.15, -0.1) is 0 Å². The van der Waals surface area contributed by atoms with Crippen LogP contribution >= 0.6 is 12.2 Å². The highest BCUT2D eigenvalue weighted by molar-refractivity contribution is 7.80. The zero-order valence-electron chi connectivity index (χ0n) is 11.0. The number of thiocarbonyl (C=S) groups is 1. The summed E-state index contributed by atoms with van der Waals surface area (Å²) in [4.78, 5) is 13.5. The number of rotatable bonds is 2. The zero-order valence-corrected chi connectivity index (χ0v) is 11.8. The summed E-state index contributed by atoms with van der Waals surface area (Å²) in [5, 5.41) is 0. The van der Waals surface area contributed by atoms with Crippen molar-refractivity contribution in [2.75, 3.05) is 25.0 Å². The highest BCUT2D eigenvalue weighted by Crippen LogP contribution is 2.21. The van der Waals surface area contributed by atoms with E-state index in [1.54, 1.807) is 12.4 Å². The van der Waals surface area contributed by atoms with Gasteiger partial charge in [0, 0.05) is 37.6 Å². The van der Waals surface area contributed by atoms with Gasteiger partial charge in [-0.1, -0.05) is 12.2 Å². The van der Waals surface area contributed by atoms with E-state index in [0.29, 0.717) is 22.8 Å². The molecule has 0 aromatic carbocycles. The van der Waals surface area contributed by atoms with E-state index in [9.17, 15) is 0 Å². The van der Waals surface area contributed by atoms with Crippen LogP contribution in [0, 0.1) is 0 Å². The van der Waals surface area contributed by atoms with Gasteiger partial charge >= 0.3 is 0 Å². The normalized spacial score (nSPS) is 25.2. The Morgan fingerprint density at radius 1 is 1.28 bits per heavy atom. The third-order valence-corrected chi connectivity index (χ3v) is 3.76. The Hall–Kier alpha value is -1.27. The van der Waals surface area contributed by atoms with Gasteiger partial charge in [0.25, 0.3) is 0 Å². The van der Waals surface area contributed by atoms with Crippen LogP contribution in [0.1, 0.15) is 19.5 Å². The first-order chi connectivity index (χ1) is 8.50. The number of anilines is 1. The third kappa shape index (κ3) is 2.44. The smallest absolute Gasteiger partial charge is 0.157 e. The molecule has 98 valence electrons. The van der Waals surface area contributed by atoms with Crippen molar-refractivity contribution in [2.45, 2.75) is 25.9 Å². The van der Waals surface area contributed by atoms with Crippen LogP contribution in [0.15, 0.2) is 12.4 Å². The van der Waals surface area contributed by atoms with E-state index >= 15 is 0 Å². The van der Waals surface area contributed by atoms with E-state index in [1.807, 2.05) is 0 Å². The molecule has 0 radical (unpaired) electrons. The van der Waals surface area contributed by atoms with Gasteiger partial charge in [0.15, 0.2) is 5.82 Å². The summed E-state index contributed by atoms with van der Waals surface area (Å²) in [5.74, 6) is 0.803. The van der Waals surface area contributed by atoms with Gasteiger partial charge in [-0.05, 0) is 20.9 Å². The van der Waals surface area contributed by atoms with E-state index in [2.05, 4.69) is 40.7 Å². The molecule has 1 aliphatic heterocycles. The first-order valence-corrected chi connectivity index (χ1v) is 6.49. The molecule has 2 rings (SSSR count).